The summed E-state index contributed by atoms with van der Waals surface area (Å²) in [6, 6.07) is 17.8. The molecule has 3 rings (SSSR count). The van der Waals surface area contributed by atoms with Crippen molar-refractivity contribution >= 4 is 27.3 Å². The van der Waals surface area contributed by atoms with Crippen LogP contribution in [0, 0.1) is 0 Å². The number of hydrogen-bond acceptors (Lipinski definition) is 3. The Kier molecular flexibility index (Phi) is 3.38. The summed E-state index contributed by atoms with van der Waals surface area (Å²) >= 11 is 1.60. The summed E-state index contributed by atoms with van der Waals surface area (Å²) in [6.45, 7) is 0. The molecule has 1 heterocycles. The molecule has 0 aliphatic carbocycles. The van der Waals surface area contributed by atoms with Crippen LogP contribution < -0.4 is 0 Å². The highest BCUT2D eigenvalue weighted by Gasteiger charge is 2.09. The fourth-order valence-electron chi connectivity index (χ4n) is 2.05. The van der Waals surface area contributed by atoms with E-state index in [1.54, 1.807) is 11.3 Å². The van der Waals surface area contributed by atoms with Gasteiger partial charge >= 0.3 is 0 Å². The first-order chi connectivity index (χ1) is 9.31. The van der Waals surface area contributed by atoms with Crippen molar-refractivity contribution in [3.63, 3.8) is 0 Å². The second kappa shape index (κ2) is 5.33. The third kappa shape index (κ3) is 2.88. The Hall–Kier alpha value is -2.00. The monoisotopic (exact) mass is 267 g/mol. The lowest BCUT2D eigenvalue weighted by Gasteiger charge is -1.98. The molecule has 0 saturated heterocycles. The highest BCUT2D eigenvalue weighted by molar-refractivity contribution is 7.18. The lowest BCUT2D eigenvalue weighted by molar-refractivity contribution is -0.117. The maximum absolute atomic E-state index is 12.0. The van der Waals surface area contributed by atoms with E-state index in [-0.39, 0.29) is 5.78 Å². The quantitative estimate of drug-likeness (QED) is 0.722. The molecule has 0 saturated carbocycles. The number of hydrogen-bond donors (Lipinski definition) is 0. The first-order valence-electron chi connectivity index (χ1n) is 6.21. The van der Waals surface area contributed by atoms with Crippen molar-refractivity contribution in [1.29, 1.82) is 0 Å². The van der Waals surface area contributed by atoms with E-state index in [1.807, 2.05) is 54.6 Å². The average molecular weight is 267 g/mol. The Balaban J connectivity index is 1.72. The van der Waals surface area contributed by atoms with Crippen LogP contribution in [0.2, 0.25) is 0 Å². The van der Waals surface area contributed by atoms with Gasteiger partial charge in [0.05, 0.1) is 16.6 Å². The van der Waals surface area contributed by atoms with Crippen molar-refractivity contribution in [2.45, 2.75) is 12.8 Å². The van der Waals surface area contributed by atoms with Crippen LogP contribution >= 0.6 is 11.3 Å². The Morgan fingerprint density at radius 3 is 2.47 bits per heavy atom. The van der Waals surface area contributed by atoms with Crippen LogP contribution in [-0.2, 0) is 17.6 Å². The van der Waals surface area contributed by atoms with Crippen LogP contribution in [0.25, 0.3) is 10.2 Å². The van der Waals surface area contributed by atoms with Crippen molar-refractivity contribution in [3.05, 3.63) is 65.2 Å². The Bertz CT molecular complexity index is 670. The van der Waals surface area contributed by atoms with Crippen molar-refractivity contribution in [3.8, 4) is 0 Å². The van der Waals surface area contributed by atoms with Gasteiger partial charge in [-0.1, -0.05) is 42.5 Å². The number of aromatic nitrogens is 1. The lowest BCUT2D eigenvalue weighted by atomic mass is 10.1. The lowest BCUT2D eigenvalue weighted by Crippen LogP contribution is -2.06. The molecule has 0 N–H and O–H groups in total. The molecule has 0 aliphatic rings. The molecular weight excluding hydrogens is 254 g/mol. The Morgan fingerprint density at radius 2 is 1.68 bits per heavy atom. The molecule has 2 nitrogen and oxygen atoms in total. The van der Waals surface area contributed by atoms with Crippen molar-refractivity contribution < 1.29 is 4.79 Å². The molecular formula is C16H13NOS. The van der Waals surface area contributed by atoms with E-state index < -0.39 is 0 Å². The Morgan fingerprint density at radius 1 is 0.947 bits per heavy atom. The van der Waals surface area contributed by atoms with Gasteiger partial charge in [-0.15, -0.1) is 11.3 Å². The normalized spacial score (nSPS) is 10.7. The molecule has 2 aromatic carbocycles. The van der Waals surface area contributed by atoms with Gasteiger partial charge in [0.2, 0.25) is 0 Å². The van der Waals surface area contributed by atoms with Crippen LogP contribution in [0.5, 0.6) is 0 Å². The predicted molar refractivity (Wildman–Crippen MR) is 78.5 cm³/mol. The summed E-state index contributed by atoms with van der Waals surface area (Å²) in [5, 5.41) is 0.905. The predicted octanol–water partition coefficient (Wildman–Crippen LogP) is 3.65. The number of carbonyl (C=O) groups excluding carboxylic acids is 1. The second-order valence-electron chi connectivity index (χ2n) is 4.45. The van der Waals surface area contributed by atoms with Gasteiger partial charge in [-0.05, 0) is 17.7 Å². The third-order valence-corrected chi connectivity index (χ3v) is 3.97. The van der Waals surface area contributed by atoms with Gasteiger partial charge in [0.15, 0.2) is 0 Å². The summed E-state index contributed by atoms with van der Waals surface area (Å²) in [5.74, 6) is 0.213. The minimum absolute atomic E-state index is 0.213. The number of para-hydroxylation sites is 1. The van der Waals surface area contributed by atoms with Crippen LogP contribution in [-0.4, -0.2) is 10.8 Å². The van der Waals surface area contributed by atoms with Gasteiger partial charge < -0.3 is 0 Å². The van der Waals surface area contributed by atoms with Gasteiger partial charge in [-0.3, -0.25) is 4.79 Å². The Labute approximate surface area is 115 Å². The minimum Gasteiger partial charge on any atom is -0.299 e. The number of fused-ring (bicyclic) bond motifs is 1. The maximum Gasteiger partial charge on any atom is 0.144 e. The number of carbonyl (C=O) groups is 1. The molecule has 0 fully saturated rings. The largest absolute Gasteiger partial charge is 0.299 e. The number of nitrogens with zero attached hydrogens (tertiary/aromatic N) is 1. The van der Waals surface area contributed by atoms with Crippen LogP contribution in [0.1, 0.15) is 10.6 Å². The molecule has 94 valence electrons. The molecule has 0 amide bonds. The van der Waals surface area contributed by atoms with Gasteiger partial charge in [-0.2, -0.15) is 0 Å². The van der Waals surface area contributed by atoms with E-state index in [9.17, 15) is 4.79 Å². The first-order valence-corrected chi connectivity index (χ1v) is 7.03. The molecule has 19 heavy (non-hydrogen) atoms. The highest BCUT2D eigenvalue weighted by Crippen LogP contribution is 2.22. The van der Waals surface area contributed by atoms with Gasteiger partial charge in [-0.25, -0.2) is 4.98 Å². The third-order valence-electron chi connectivity index (χ3n) is 2.93. The van der Waals surface area contributed by atoms with E-state index in [0.717, 1.165) is 20.8 Å². The smallest absolute Gasteiger partial charge is 0.144 e. The fraction of sp³-hybridized carbons (Fsp3) is 0.125. The molecule has 1 aromatic heterocycles. The van der Waals surface area contributed by atoms with Crippen molar-refractivity contribution in [2.75, 3.05) is 0 Å². The highest BCUT2D eigenvalue weighted by atomic mass is 32.1. The van der Waals surface area contributed by atoms with E-state index in [2.05, 4.69) is 4.98 Å². The average Bonchev–Trinajstić information content (AvgIpc) is 2.81. The van der Waals surface area contributed by atoms with E-state index >= 15 is 0 Å². The molecule has 0 spiro atoms. The zero-order chi connectivity index (χ0) is 13.1. The van der Waals surface area contributed by atoms with Gasteiger partial charge in [0.25, 0.3) is 0 Å². The molecule has 0 aliphatic heterocycles. The zero-order valence-corrected chi connectivity index (χ0v) is 11.2. The first kappa shape index (κ1) is 12.1. The molecule has 0 unspecified atom stereocenters. The van der Waals surface area contributed by atoms with Crippen molar-refractivity contribution in [2.24, 2.45) is 0 Å². The topological polar surface area (TPSA) is 30.0 Å². The number of Topliss-reactive ketones (excluding diaryl/α,β-unsaturated/α-hetero) is 1. The number of thiazole rings is 1. The minimum atomic E-state index is 0.213. The summed E-state index contributed by atoms with van der Waals surface area (Å²) in [4.78, 5) is 16.5. The fourth-order valence-corrected chi connectivity index (χ4v) is 3.05. The second-order valence-corrected chi connectivity index (χ2v) is 5.57. The molecule has 0 radical (unpaired) electrons. The standard InChI is InChI=1S/C16H13NOS/c18-13(10-12-6-2-1-3-7-12)11-16-17-14-8-4-5-9-15(14)19-16/h1-9H,10-11H2. The molecule has 3 aromatic rings. The molecule has 0 atom stereocenters. The SMILES string of the molecule is O=C(Cc1ccccc1)Cc1nc2ccccc2s1. The van der Waals surface area contributed by atoms with Gasteiger partial charge in [0, 0.05) is 6.42 Å². The van der Waals surface area contributed by atoms with Crippen LogP contribution in [0.4, 0.5) is 0 Å². The number of ketones is 1. The van der Waals surface area contributed by atoms with E-state index in [1.165, 1.54) is 0 Å². The van der Waals surface area contributed by atoms with E-state index in [0.29, 0.717) is 12.8 Å². The summed E-state index contributed by atoms with van der Waals surface area (Å²) in [7, 11) is 0. The number of benzene rings is 2. The summed E-state index contributed by atoms with van der Waals surface area (Å²) in [6.07, 6.45) is 0.908. The summed E-state index contributed by atoms with van der Waals surface area (Å²) < 4.78 is 1.14. The van der Waals surface area contributed by atoms with Gasteiger partial charge in [0.1, 0.15) is 10.8 Å². The van der Waals surface area contributed by atoms with Crippen LogP contribution in [0.3, 0.4) is 0 Å². The zero-order valence-electron chi connectivity index (χ0n) is 10.4. The van der Waals surface area contributed by atoms with Crippen molar-refractivity contribution in [1.82, 2.24) is 4.98 Å². The summed E-state index contributed by atoms with van der Waals surface area (Å²) in [5.41, 5.74) is 2.05. The molecule has 3 heteroatoms. The molecule has 0 bridgehead atoms. The van der Waals surface area contributed by atoms with E-state index in [4.69, 9.17) is 0 Å². The van der Waals surface area contributed by atoms with Crippen LogP contribution in [0.15, 0.2) is 54.6 Å². The number of rotatable bonds is 4. The maximum atomic E-state index is 12.0.